The van der Waals surface area contributed by atoms with E-state index < -0.39 is 10.0 Å². The van der Waals surface area contributed by atoms with Gasteiger partial charge in [0.05, 0.1) is 0 Å². The standard InChI is InChI=1S/C6H10N4O2S2/c1-3-4-10(2)14(11,12)6-9-8-5(7)13-6/h3H,1,4H2,2H3,(H2,7,8). The summed E-state index contributed by atoms with van der Waals surface area (Å²) in [6.45, 7) is 3.67. The molecule has 6 nitrogen and oxygen atoms in total. The molecule has 2 N–H and O–H groups in total. The molecule has 0 atom stereocenters. The summed E-state index contributed by atoms with van der Waals surface area (Å²) >= 11 is 0.840. The lowest BCUT2D eigenvalue weighted by Gasteiger charge is -2.11. The molecular formula is C6H10N4O2S2. The van der Waals surface area contributed by atoms with Gasteiger partial charge in [-0.1, -0.05) is 17.4 Å². The number of rotatable bonds is 4. The van der Waals surface area contributed by atoms with Crippen LogP contribution in [0.1, 0.15) is 0 Å². The minimum absolute atomic E-state index is 0.0978. The Hall–Kier alpha value is -0.990. The van der Waals surface area contributed by atoms with E-state index in [4.69, 9.17) is 5.73 Å². The van der Waals surface area contributed by atoms with Crippen molar-refractivity contribution in [1.82, 2.24) is 14.5 Å². The summed E-state index contributed by atoms with van der Waals surface area (Å²) in [5.74, 6) is 0. The maximum Gasteiger partial charge on any atom is 0.272 e. The zero-order chi connectivity index (χ0) is 10.8. The number of hydrogen-bond donors (Lipinski definition) is 1. The van der Waals surface area contributed by atoms with Crippen molar-refractivity contribution in [2.45, 2.75) is 4.34 Å². The Bertz CT molecular complexity index is 425. The van der Waals surface area contributed by atoms with Crippen LogP contribution in [-0.2, 0) is 10.0 Å². The third kappa shape index (κ3) is 2.08. The van der Waals surface area contributed by atoms with Crippen molar-refractivity contribution in [1.29, 1.82) is 0 Å². The molecule has 1 rings (SSSR count). The quantitative estimate of drug-likeness (QED) is 0.736. The summed E-state index contributed by atoms with van der Waals surface area (Å²) < 4.78 is 24.4. The fraction of sp³-hybridized carbons (Fsp3) is 0.333. The molecule has 0 amide bonds. The Morgan fingerprint density at radius 1 is 1.64 bits per heavy atom. The molecule has 0 saturated carbocycles. The fourth-order valence-corrected chi connectivity index (χ4v) is 2.85. The minimum atomic E-state index is -3.55. The molecule has 0 bridgehead atoms. The lowest BCUT2D eigenvalue weighted by molar-refractivity contribution is 0.498. The Labute approximate surface area is 86.1 Å². The molecule has 0 aromatic carbocycles. The van der Waals surface area contributed by atoms with Gasteiger partial charge in [0.15, 0.2) is 0 Å². The number of anilines is 1. The van der Waals surface area contributed by atoms with E-state index in [2.05, 4.69) is 16.8 Å². The van der Waals surface area contributed by atoms with Gasteiger partial charge < -0.3 is 5.73 Å². The van der Waals surface area contributed by atoms with E-state index in [1.54, 1.807) is 0 Å². The zero-order valence-corrected chi connectivity index (χ0v) is 9.18. The number of sulfonamides is 1. The van der Waals surface area contributed by atoms with Crippen molar-refractivity contribution in [3.8, 4) is 0 Å². The van der Waals surface area contributed by atoms with E-state index in [-0.39, 0.29) is 16.0 Å². The van der Waals surface area contributed by atoms with Gasteiger partial charge in [0.1, 0.15) is 0 Å². The molecule has 0 radical (unpaired) electrons. The predicted octanol–water partition coefficient (Wildman–Crippen LogP) is -0.0732. The molecule has 14 heavy (non-hydrogen) atoms. The predicted molar refractivity (Wildman–Crippen MR) is 54.3 cm³/mol. The summed E-state index contributed by atoms with van der Waals surface area (Å²) in [6, 6.07) is 0. The monoisotopic (exact) mass is 234 g/mol. The summed E-state index contributed by atoms with van der Waals surface area (Å²) in [5, 5.41) is 7.05. The van der Waals surface area contributed by atoms with Gasteiger partial charge in [0, 0.05) is 13.6 Å². The van der Waals surface area contributed by atoms with Crippen molar-refractivity contribution >= 4 is 26.5 Å². The number of nitrogens with two attached hydrogens (primary N) is 1. The summed E-state index contributed by atoms with van der Waals surface area (Å²) in [5.41, 5.74) is 5.29. The van der Waals surface area contributed by atoms with Gasteiger partial charge in [-0.3, -0.25) is 0 Å². The SMILES string of the molecule is C=CCN(C)S(=O)(=O)c1nnc(N)s1. The molecule has 0 aliphatic carbocycles. The Kier molecular flexibility index (Phi) is 3.19. The second-order valence-corrected chi connectivity index (χ2v) is 5.71. The summed E-state index contributed by atoms with van der Waals surface area (Å²) in [6.07, 6.45) is 1.49. The molecule has 78 valence electrons. The van der Waals surface area contributed by atoms with Gasteiger partial charge in [0.25, 0.3) is 10.0 Å². The smallest absolute Gasteiger partial charge is 0.272 e. The molecular weight excluding hydrogens is 224 g/mol. The second kappa shape index (κ2) is 4.03. The van der Waals surface area contributed by atoms with Crippen LogP contribution in [0.25, 0.3) is 0 Å². The first kappa shape index (κ1) is 11.1. The van der Waals surface area contributed by atoms with Crippen molar-refractivity contribution < 1.29 is 8.42 Å². The van der Waals surface area contributed by atoms with Gasteiger partial charge in [0.2, 0.25) is 9.47 Å². The normalized spacial score (nSPS) is 11.9. The Balaban J connectivity index is 3.02. The fourth-order valence-electron chi connectivity index (χ4n) is 0.738. The first-order chi connectivity index (χ1) is 6.48. The molecule has 1 heterocycles. The van der Waals surface area contributed by atoms with Crippen molar-refractivity contribution in [3.63, 3.8) is 0 Å². The number of hydrogen-bond acceptors (Lipinski definition) is 6. The van der Waals surface area contributed by atoms with Crippen LogP contribution in [0.3, 0.4) is 0 Å². The van der Waals surface area contributed by atoms with Crippen LogP contribution in [0.2, 0.25) is 0 Å². The third-order valence-corrected chi connectivity index (χ3v) is 4.36. The molecule has 1 aromatic rings. The van der Waals surface area contributed by atoms with E-state index in [1.807, 2.05) is 0 Å². The molecule has 0 unspecified atom stereocenters. The van der Waals surface area contributed by atoms with Crippen LogP contribution >= 0.6 is 11.3 Å². The summed E-state index contributed by atoms with van der Waals surface area (Å²) in [4.78, 5) is 0. The maximum absolute atomic E-state index is 11.7. The second-order valence-electron chi connectivity index (χ2n) is 2.48. The number of nitrogen functional groups attached to an aromatic ring is 1. The lowest BCUT2D eigenvalue weighted by atomic mass is 10.6. The van der Waals surface area contributed by atoms with Gasteiger partial charge in [-0.2, -0.15) is 4.31 Å². The largest absolute Gasteiger partial charge is 0.374 e. The average Bonchev–Trinajstić information content (AvgIpc) is 2.52. The Morgan fingerprint density at radius 3 is 2.71 bits per heavy atom. The van der Waals surface area contributed by atoms with E-state index in [0.717, 1.165) is 15.6 Å². The molecule has 0 spiro atoms. The van der Waals surface area contributed by atoms with E-state index >= 15 is 0 Å². The average molecular weight is 234 g/mol. The number of aromatic nitrogens is 2. The van der Waals surface area contributed by atoms with Gasteiger partial charge >= 0.3 is 0 Å². The zero-order valence-electron chi connectivity index (χ0n) is 7.54. The lowest BCUT2D eigenvalue weighted by Crippen LogP contribution is -2.26. The van der Waals surface area contributed by atoms with Gasteiger partial charge in [-0.15, -0.1) is 16.8 Å². The summed E-state index contributed by atoms with van der Waals surface area (Å²) in [7, 11) is -2.11. The van der Waals surface area contributed by atoms with Crippen molar-refractivity contribution in [2.75, 3.05) is 19.3 Å². The molecule has 1 aromatic heterocycles. The number of nitrogens with zero attached hydrogens (tertiary/aromatic N) is 3. The highest BCUT2D eigenvalue weighted by molar-refractivity contribution is 7.91. The first-order valence-electron chi connectivity index (χ1n) is 3.64. The minimum Gasteiger partial charge on any atom is -0.374 e. The Morgan fingerprint density at radius 2 is 2.29 bits per heavy atom. The maximum atomic E-state index is 11.7. The molecule has 0 fully saturated rings. The van der Waals surface area contributed by atoms with Crippen LogP contribution in [0.4, 0.5) is 5.13 Å². The molecule has 0 saturated heterocycles. The van der Waals surface area contributed by atoms with Crippen LogP contribution in [0.15, 0.2) is 17.0 Å². The van der Waals surface area contributed by atoms with Crippen LogP contribution in [0, 0.1) is 0 Å². The van der Waals surface area contributed by atoms with Crippen LogP contribution in [0.5, 0.6) is 0 Å². The van der Waals surface area contributed by atoms with E-state index in [1.165, 1.54) is 13.1 Å². The topological polar surface area (TPSA) is 89.2 Å². The highest BCUT2D eigenvalue weighted by atomic mass is 32.2. The highest BCUT2D eigenvalue weighted by Gasteiger charge is 2.24. The van der Waals surface area contributed by atoms with E-state index in [0.29, 0.717) is 0 Å². The number of likely N-dealkylation sites (N-methyl/N-ethyl adjacent to an activating group) is 1. The molecule has 0 aliphatic heterocycles. The van der Waals surface area contributed by atoms with E-state index in [9.17, 15) is 8.42 Å². The first-order valence-corrected chi connectivity index (χ1v) is 5.90. The van der Waals surface area contributed by atoms with Crippen molar-refractivity contribution in [2.24, 2.45) is 0 Å². The van der Waals surface area contributed by atoms with Crippen molar-refractivity contribution in [3.05, 3.63) is 12.7 Å². The van der Waals surface area contributed by atoms with Gasteiger partial charge in [-0.05, 0) is 0 Å². The molecule has 8 heteroatoms. The van der Waals surface area contributed by atoms with Crippen LogP contribution < -0.4 is 5.73 Å². The molecule has 0 aliphatic rings. The third-order valence-electron chi connectivity index (χ3n) is 1.44. The highest BCUT2D eigenvalue weighted by Crippen LogP contribution is 2.19. The van der Waals surface area contributed by atoms with Gasteiger partial charge in [-0.25, -0.2) is 8.42 Å². The van der Waals surface area contributed by atoms with Crippen LogP contribution in [-0.4, -0.2) is 36.5 Å².